The fraction of sp³-hybridized carbons (Fsp3) is 0.733. The van der Waals surface area contributed by atoms with Gasteiger partial charge in [0.05, 0.1) is 0 Å². The average Bonchev–Trinajstić information content (AvgIpc) is 2.44. The van der Waals surface area contributed by atoms with Crippen molar-refractivity contribution in [3.63, 3.8) is 0 Å². The van der Waals surface area contributed by atoms with Crippen LogP contribution in [0.15, 0.2) is 6.07 Å². The maximum atomic E-state index is 4.74. The number of hydrogen-bond donors (Lipinski definition) is 1. The summed E-state index contributed by atoms with van der Waals surface area (Å²) in [6.45, 7) is 8.75. The highest BCUT2D eigenvalue weighted by Gasteiger charge is 2.27. The van der Waals surface area contributed by atoms with Gasteiger partial charge in [-0.2, -0.15) is 0 Å². The minimum atomic E-state index is 0.543. The van der Waals surface area contributed by atoms with Crippen LogP contribution < -0.4 is 10.2 Å². The Bertz CT molecular complexity index is 436. The Morgan fingerprint density at radius 1 is 1.25 bits per heavy atom. The van der Waals surface area contributed by atoms with Crippen molar-refractivity contribution in [2.24, 2.45) is 0 Å². The first-order chi connectivity index (χ1) is 9.55. The Balaban J connectivity index is 2.25. The first-order valence-electron chi connectivity index (χ1n) is 7.57. The van der Waals surface area contributed by atoms with E-state index < -0.39 is 0 Å². The Kier molecular flexibility index (Phi) is 4.81. The number of aromatic nitrogens is 2. The lowest BCUT2D eigenvalue weighted by Gasteiger charge is -2.43. The molecule has 0 amide bonds. The molecule has 0 aliphatic carbocycles. The molecule has 1 aliphatic rings. The molecule has 1 aliphatic heterocycles. The summed E-state index contributed by atoms with van der Waals surface area (Å²) in [6, 6.07) is 3.15. The molecular formula is C15H27N5. The van der Waals surface area contributed by atoms with Crippen LogP contribution in [0.5, 0.6) is 0 Å². The fourth-order valence-electron chi connectivity index (χ4n) is 2.70. The molecule has 1 fully saturated rings. The van der Waals surface area contributed by atoms with E-state index in [0.717, 1.165) is 43.4 Å². The second-order valence-corrected chi connectivity index (χ2v) is 5.80. The number of nitrogens with zero attached hydrogens (tertiary/aromatic N) is 4. The zero-order chi connectivity index (χ0) is 14.7. The largest absolute Gasteiger partial charge is 0.373 e. The molecule has 0 saturated carbocycles. The molecular weight excluding hydrogens is 250 g/mol. The lowest BCUT2D eigenvalue weighted by molar-refractivity contribution is 0.169. The summed E-state index contributed by atoms with van der Waals surface area (Å²) in [6.07, 6.45) is 2.00. The molecule has 0 aromatic carbocycles. The standard InChI is InChI=1S/C15H27N5/c1-6-7-13-17-14(16-4)8-15(18-13)20-9-11(2)19(5)12(3)10-20/h8,11-12H,6-7,9-10H2,1-5H3,(H,16,17,18). The van der Waals surface area contributed by atoms with Gasteiger partial charge in [0.1, 0.15) is 17.5 Å². The van der Waals surface area contributed by atoms with Gasteiger partial charge in [-0.25, -0.2) is 9.97 Å². The predicted octanol–water partition coefficient (Wildman–Crippen LogP) is 2.00. The van der Waals surface area contributed by atoms with Crippen LogP contribution in [0.4, 0.5) is 11.6 Å². The van der Waals surface area contributed by atoms with Gasteiger partial charge in [0.25, 0.3) is 0 Å². The minimum absolute atomic E-state index is 0.543. The molecule has 2 unspecified atom stereocenters. The van der Waals surface area contributed by atoms with Crippen LogP contribution in [0.2, 0.25) is 0 Å². The third-order valence-corrected chi connectivity index (χ3v) is 4.17. The van der Waals surface area contributed by atoms with Crippen molar-refractivity contribution in [2.45, 2.75) is 45.7 Å². The first kappa shape index (κ1) is 15.0. The minimum Gasteiger partial charge on any atom is -0.373 e. The smallest absolute Gasteiger partial charge is 0.134 e. The van der Waals surface area contributed by atoms with E-state index in [-0.39, 0.29) is 0 Å². The van der Waals surface area contributed by atoms with E-state index in [9.17, 15) is 0 Å². The van der Waals surface area contributed by atoms with E-state index in [2.05, 4.69) is 54.0 Å². The molecule has 0 radical (unpaired) electrons. The van der Waals surface area contributed by atoms with Crippen LogP contribution in [-0.2, 0) is 6.42 Å². The van der Waals surface area contributed by atoms with Crippen LogP contribution in [0, 0.1) is 0 Å². The summed E-state index contributed by atoms with van der Waals surface area (Å²) < 4.78 is 0. The summed E-state index contributed by atoms with van der Waals surface area (Å²) >= 11 is 0. The molecule has 2 atom stereocenters. The highest BCUT2D eigenvalue weighted by Crippen LogP contribution is 2.22. The van der Waals surface area contributed by atoms with Gasteiger partial charge in [0, 0.05) is 44.7 Å². The van der Waals surface area contributed by atoms with Crippen molar-refractivity contribution < 1.29 is 0 Å². The van der Waals surface area contributed by atoms with Crippen molar-refractivity contribution in [3.8, 4) is 0 Å². The zero-order valence-corrected chi connectivity index (χ0v) is 13.3. The van der Waals surface area contributed by atoms with Crippen LogP contribution >= 0.6 is 0 Å². The second kappa shape index (κ2) is 6.39. The number of hydrogen-bond acceptors (Lipinski definition) is 5. The van der Waals surface area contributed by atoms with Crippen LogP contribution in [0.25, 0.3) is 0 Å². The Morgan fingerprint density at radius 2 is 1.90 bits per heavy atom. The highest BCUT2D eigenvalue weighted by atomic mass is 15.3. The van der Waals surface area contributed by atoms with Crippen molar-refractivity contribution in [1.29, 1.82) is 0 Å². The summed E-state index contributed by atoms with van der Waals surface area (Å²) in [7, 11) is 4.12. The summed E-state index contributed by atoms with van der Waals surface area (Å²) in [4.78, 5) is 14.1. The topological polar surface area (TPSA) is 44.3 Å². The van der Waals surface area contributed by atoms with E-state index >= 15 is 0 Å². The Hall–Kier alpha value is -1.36. The molecule has 2 rings (SSSR count). The number of likely N-dealkylation sites (N-methyl/N-ethyl adjacent to an activating group) is 1. The first-order valence-corrected chi connectivity index (χ1v) is 7.57. The van der Waals surface area contributed by atoms with Crippen molar-refractivity contribution in [1.82, 2.24) is 14.9 Å². The number of aryl methyl sites for hydroxylation is 1. The Morgan fingerprint density at radius 3 is 2.45 bits per heavy atom. The van der Waals surface area contributed by atoms with Gasteiger partial charge in [0.15, 0.2) is 0 Å². The van der Waals surface area contributed by atoms with E-state index in [1.165, 1.54) is 0 Å². The van der Waals surface area contributed by atoms with E-state index in [1.807, 2.05) is 7.05 Å². The lowest BCUT2D eigenvalue weighted by atomic mass is 10.1. The summed E-state index contributed by atoms with van der Waals surface area (Å²) in [5, 5.41) is 3.15. The predicted molar refractivity (Wildman–Crippen MR) is 84.5 cm³/mol. The van der Waals surface area contributed by atoms with Crippen molar-refractivity contribution >= 4 is 11.6 Å². The molecule has 1 saturated heterocycles. The van der Waals surface area contributed by atoms with E-state index in [1.54, 1.807) is 0 Å². The molecule has 0 bridgehead atoms. The third-order valence-electron chi connectivity index (χ3n) is 4.17. The van der Waals surface area contributed by atoms with Crippen LogP contribution in [0.3, 0.4) is 0 Å². The molecule has 0 spiro atoms. The molecule has 5 nitrogen and oxygen atoms in total. The van der Waals surface area contributed by atoms with Crippen molar-refractivity contribution in [3.05, 3.63) is 11.9 Å². The zero-order valence-electron chi connectivity index (χ0n) is 13.3. The third kappa shape index (κ3) is 3.20. The Labute approximate surface area is 122 Å². The van der Waals surface area contributed by atoms with Gasteiger partial charge in [-0.05, 0) is 27.3 Å². The normalized spacial score (nSPS) is 23.9. The monoisotopic (exact) mass is 277 g/mol. The van der Waals surface area contributed by atoms with Gasteiger partial charge < -0.3 is 10.2 Å². The van der Waals surface area contributed by atoms with Crippen LogP contribution in [0.1, 0.15) is 33.0 Å². The molecule has 5 heteroatoms. The van der Waals surface area contributed by atoms with Gasteiger partial charge in [-0.3, -0.25) is 4.90 Å². The summed E-state index contributed by atoms with van der Waals surface area (Å²) in [5.41, 5.74) is 0. The molecule has 1 N–H and O–H groups in total. The second-order valence-electron chi connectivity index (χ2n) is 5.80. The molecule has 1 aromatic heterocycles. The maximum absolute atomic E-state index is 4.74. The average molecular weight is 277 g/mol. The van der Waals surface area contributed by atoms with E-state index in [0.29, 0.717) is 12.1 Å². The highest BCUT2D eigenvalue weighted by molar-refractivity contribution is 5.49. The van der Waals surface area contributed by atoms with E-state index in [4.69, 9.17) is 4.98 Å². The quantitative estimate of drug-likeness (QED) is 0.912. The SMILES string of the molecule is CCCc1nc(NC)cc(N2CC(C)N(C)C(C)C2)n1. The molecule has 20 heavy (non-hydrogen) atoms. The van der Waals surface area contributed by atoms with Crippen molar-refractivity contribution in [2.75, 3.05) is 37.4 Å². The molecule has 1 aromatic rings. The number of anilines is 2. The number of piperazine rings is 1. The number of nitrogens with one attached hydrogen (secondary N) is 1. The van der Waals surface area contributed by atoms with Gasteiger partial charge in [-0.15, -0.1) is 0 Å². The number of rotatable bonds is 4. The van der Waals surface area contributed by atoms with Gasteiger partial charge >= 0.3 is 0 Å². The van der Waals surface area contributed by atoms with Gasteiger partial charge in [0.2, 0.25) is 0 Å². The molecule has 112 valence electrons. The molecule has 2 heterocycles. The van der Waals surface area contributed by atoms with Crippen LogP contribution in [-0.4, -0.2) is 54.1 Å². The lowest BCUT2D eigenvalue weighted by Crippen LogP contribution is -2.55. The van der Waals surface area contributed by atoms with Gasteiger partial charge in [-0.1, -0.05) is 6.92 Å². The fourth-order valence-corrected chi connectivity index (χ4v) is 2.70. The summed E-state index contributed by atoms with van der Waals surface area (Å²) in [5.74, 6) is 2.91. The maximum Gasteiger partial charge on any atom is 0.134 e.